The Hall–Kier alpha value is -1.55. The van der Waals surface area contributed by atoms with Crippen LogP contribution in [-0.2, 0) is 21.4 Å². The normalized spacial score (nSPS) is 15.1. The van der Waals surface area contributed by atoms with Gasteiger partial charge in [0.15, 0.2) is 5.78 Å². The average Bonchev–Trinajstić information content (AvgIpc) is 3.38. The molecule has 27 heavy (non-hydrogen) atoms. The van der Waals surface area contributed by atoms with Crippen LogP contribution >= 0.6 is 22.7 Å². The van der Waals surface area contributed by atoms with Crippen LogP contribution in [0.4, 0.5) is 0 Å². The number of aryl methyl sites for hydroxylation is 1. The van der Waals surface area contributed by atoms with Crippen molar-refractivity contribution in [1.29, 1.82) is 0 Å². The van der Waals surface area contributed by atoms with E-state index in [0.29, 0.717) is 22.2 Å². The fourth-order valence-corrected chi connectivity index (χ4v) is 6.66. The lowest BCUT2D eigenvalue weighted by Gasteiger charge is -2.13. The first-order valence-corrected chi connectivity index (χ1v) is 11.9. The molecule has 0 radical (unpaired) electrons. The lowest BCUT2D eigenvalue weighted by Crippen LogP contribution is -2.27. The summed E-state index contributed by atoms with van der Waals surface area (Å²) in [6, 6.07) is 7.01. The number of hydrogen-bond acceptors (Lipinski definition) is 6. The Bertz CT molecular complexity index is 924. The van der Waals surface area contributed by atoms with Crippen molar-refractivity contribution < 1.29 is 18.0 Å². The monoisotopic (exact) mass is 426 g/mol. The van der Waals surface area contributed by atoms with Gasteiger partial charge in [-0.25, -0.2) is 8.42 Å². The van der Waals surface area contributed by atoms with E-state index in [-0.39, 0.29) is 31.1 Å². The third-order valence-corrected chi connectivity index (χ3v) is 8.84. The summed E-state index contributed by atoms with van der Waals surface area (Å²) in [6.45, 7) is 3.35. The molecule has 2 aromatic rings. The molecule has 1 amide bonds. The van der Waals surface area contributed by atoms with Gasteiger partial charge in [0.05, 0.1) is 11.4 Å². The van der Waals surface area contributed by atoms with Crippen molar-refractivity contribution in [2.24, 2.45) is 0 Å². The zero-order chi connectivity index (χ0) is 19.4. The maximum atomic E-state index is 12.5. The third kappa shape index (κ3) is 5.04. The molecule has 1 saturated heterocycles. The van der Waals surface area contributed by atoms with Gasteiger partial charge in [-0.3, -0.25) is 9.59 Å². The van der Waals surface area contributed by atoms with Crippen molar-refractivity contribution in [1.82, 2.24) is 9.62 Å². The zero-order valence-corrected chi connectivity index (χ0v) is 17.5. The molecule has 0 atom stereocenters. The van der Waals surface area contributed by atoms with Crippen LogP contribution in [-0.4, -0.2) is 37.5 Å². The summed E-state index contributed by atoms with van der Waals surface area (Å²) in [5.41, 5.74) is 0. The van der Waals surface area contributed by atoms with Crippen LogP contribution in [0.1, 0.15) is 45.1 Å². The molecular weight excluding hydrogens is 404 g/mol. The smallest absolute Gasteiger partial charge is 0.252 e. The van der Waals surface area contributed by atoms with Crippen LogP contribution in [0.25, 0.3) is 0 Å². The van der Waals surface area contributed by atoms with Gasteiger partial charge < -0.3 is 5.32 Å². The van der Waals surface area contributed by atoms with Gasteiger partial charge in [0.2, 0.25) is 5.91 Å². The SMILES string of the molecule is Cc1ccc(C(=O)CCC(=O)NCc2ccc(S(=O)(=O)N3CCCC3)s2)s1. The first-order valence-electron chi connectivity index (χ1n) is 8.81. The molecule has 1 fully saturated rings. The molecule has 0 aliphatic carbocycles. The van der Waals surface area contributed by atoms with E-state index in [1.54, 1.807) is 18.2 Å². The Labute approximate surface area is 167 Å². The number of thiophene rings is 2. The Balaban J connectivity index is 1.48. The second-order valence-electron chi connectivity index (χ2n) is 6.44. The van der Waals surface area contributed by atoms with E-state index in [2.05, 4.69) is 5.32 Å². The van der Waals surface area contributed by atoms with Crippen molar-refractivity contribution in [2.75, 3.05) is 13.1 Å². The summed E-state index contributed by atoms with van der Waals surface area (Å²) in [5, 5.41) is 2.76. The molecule has 0 spiro atoms. The minimum atomic E-state index is -3.41. The van der Waals surface area contributed by atoms with Gasteiger partial charge in [0.25, 0.3) is 10.0 Å². The highest BCUT2D eigenvalue weighted by Crippen LogP contribution is 2.27. The average molecular weight is 427 g/mol. The van der Waals surface area contributed by atoms with E-state index < -0.39 is 10.0 Å². The summed E-state index contributed by atoms with van der Waals surface area (Å²) in [4.78, 5) is 26.6. The second kappa shape index (κ2) is 8.64. The van der Waals surface area contributed by atoms with E-state index in [9.17, 15) is 18.0 Å². The van der Waals surface area contributed by atoms with Gasteiger partial charge in [-0.05, 0) is 44.0 Å². The Morgan fingerprint density at radius 2 is 1.81 bits per heavy atom. The Morgan fingerprint density at radius 1 is 1.07 bits per heavy atom. The molecule has 1 N–H and O–H groups in total. The molecule has 9 heteroatoms. The van der Waals surface area contributed by atoms with Gasteiger partial charge in [0, 0.05) is 35.7 Å². The summed E-state index contributed by atoms with van der Waals surface area (Å²) >= 11 is 2.62. The highest BCUT2D eigenvalue weighted by Gasteiger charge is 2.28. The first kappa shape index (κ1) is 20.2. The zero-order valence-electron chi connectivity index (χ0n) is 15.1. The van der Waals surface area contributed by atoms with Crippen molar-refractivity contribution in [2.45, 2.75) is 43.4 Å². The maximum absolute atomic E-state index is 12.5. The Morgan fingerprint density at radius 3 is 2.48 bits per heavy atom. The largest absolute Gasteiger partial charge is 0.351 e. The number of carbonyl (C=O) groups is 2. The summed E-state index contributed by atoms with van der Waals surface area (Å²) < 4.78 is 26.9. The maximum Gasteiger partial charge on any atom is 0.252 e. The third-order valence-electron chi connectivity index (χ3n) is 4.35. The number of nitrogens with one attached hydrogen (secondary N) is 1. The number of carbonyl (C=O) groups excluding carboxylic acids is 2. The predicted molar refractivity (Wildman–Crippen MR) is 107 cm³/mol. The number of ketones is 1. The van der Waals surface area contributed by atoms with Crippen LogP contribution in [0.5, 0.6) is 0 Å². The van der Waals surface area contributed by atoms with E-state index in [4.69, 9.17) is 0 Å². The summed E-state index contributed by atoms with van der Waals surface area (Å²) in [7, 11) is -3.41. The number of nitrogens with zero attached hydrogens (tertiary/aromatic N) is 1. The van der Waals surface area contributed by atoms with Gasteiger partial charge in [-0.2, -0.15) is 4.31 Å². The molecule has 2 aromatic heterocycles. The molecule has 1 aliphatic rings. The molecule has 0 aromatic carbocycles. The molecular formula is C18H22N2O4S3. The minimum Gasteiger partial charge on any atom is -0.351 e. The fraction of sp³-hybridized carbons (Fsp3) is 0.444. The van der Waals surface area contributed by atoms with Crippen molar-refractivity contribution >= 4 is 44.4 Å². The number of hydrogen-bond donors (Lipinski definition) is 1. The second-order valence-corrected chi connectivity index (χ2v) is 11.1. The quantitative estimate of drug-likeness (QED) is 0.657. The topological polar surface area (TPSA) is 83.5 Å². The van der Waals surface area contributed by atoms with E-state index in [0.717, 1.165) is 22.6 Å². The molecule has 1 aliphatic heterocycles. The molecule has 146 valence electrons. The number of rotatable bonds is 8. The van der Waals surface area contributed by atoms with Crippen LogP contribution in [0.2, 0.25) is 0 Å². The van der Waals surface area contributed by atoms with Gasteiger partial charge in [-0.15, -0.1) is 22.7 Å². The van der Waals surface area contributed by atoms with Crippen LogP contribution in [0.15, 0.2) is 28.5 Å². The minimum absolute atomic E-state index is 0.0293. The number of amides is 1. The van der Waals surface area contributed by atoms with E-state index >= 15 is 0 Å². The van der Waals surface area contributed by atoms with Crippen LogP contribution in [0.3, 0.4) is 0 Å². The lowest BCUT2D eigenvalue weighted by atomic mass is 10.2. The summed E-state index contributed by atoms with van der Waals surface area (Å²) in [6.07, 6.45) is 2.10. The first-order chi connectivity index (χ1) is 12.9. The van der Waals surface area contributed by atoms with Crippen LogP contribution in [0, 0.1) is 6.92 Å². The van der Waals surface area contributed by atoms with Gasteiger partial charge in [0.1, 0.15) is 4.21 Å². The number of sulfonamides is 1. The highest BCUT2D eigenvalue weighted by molar-refractivity contribution is 7.91. The summed E-state index contributed by atoms with van der Waals surface area (Å²) in [5.74, 6) is -0.243. The molecule has 6 nitrogen and oxygen atoms in total. The van der Waals surface area contributed by atoms with Crippen LogP contribution < -0.4 is 5.32 Å². The van der Waals surface area contributed by atoms with E-state index in [1.165, 1.54) is 27.0 Å². The molecule has 0 saturated carbocycles. The molecule has 3 rings (SSSR count). The van der Waals surface area contributed by atoms with Gasteiger partial charge >= 0.3 is 0 Å². The molecule has 3 heterocycles. The fourth-order valence-electron chi connectivity index (χ4n) is 2.86. The van der Waals surface area contributed by atoms with Crippen molar-refractivity contribution in [3.8, 4) is 0 Å². The highest BCUT2D eigenvalue weighted by atomic mass is 32.2. The van der Waals surface area contributed by atoms with Crippen molar-refractivity contribution in [3.05, 3.63) is 38.9 Å². The lowest BCUT2D eigenvalue weighted by molar-refractivity contribution is -0.121. The molecule has 0 unspecified atom stereocenters. The Kier molecular flexibility index (Phi) is 6.46. The van der Waals surface area contributed by atoms with Gasteiger partial charge in [-0.1, -0.05) is 0 Å². The van der Waals surface area contributed by atoms with Crippen molar-refractivity contribution in [3.63, 3.8) is 0 Å². The molecule has 0 bridgehead atoms. The number of Topliss-reactive ketones (excluding diaryl/α,β-unsaturated/α-hetero) is 1. The van der Waals surface area contributed by atoms with E-state index in [1.807, 2.05) is 13.0 Å². The standard InChI is InChI=1S/C18H22N2O4S3/c1-13-4-7-16(25-13)15(21)6-8-17(22)19-12-14-5-9-18(26-14)27(23,24)20-10-2-3-11-20/h4-5,7,9H,2-3,6,8,10-12H2,1H3,(H,19,22). The predicted octanol–water partition coefficient (Wildman–Crippen LogP) is 3.18.